The number of nitrogens with zero attached hydrogens (tertiary/aromatic N) is 2. The van der Waals surface area contributed by atoms with Gasteiger partial charge in [0.2, 0.25) is 5.89 Å². The molecule has 114 valence electrons. The summed E-state index contributed by atoms with van der Waals surface area (Å²) in [5, 5.41) is 15.3. The average Bonchev–Trinajstić information content (AvgIpc) is 2.80. The summed E-state index contributed by atoms with van der Waals surface area (Å²) in [6, 6.07) is 3.80. The maximum atomic E-state index is 6.16. The van der Waals surface area contributed by atoms with Crippen molar-refractivity contribution in [1.82, 2.24) is 15.5 Å². The van der Waals surface area contributed by atoms with E-state index >= 15 is 0 Å². The predicted octanol–water partition coefficient (Wildman–Crippen LogP) is 4.32. The lowest BCUT2D eigenvalue weighted by Crippen LogP contribution is -2.35. The number of benzene rings is 1. The molecule has 0 unspecified atom stereocenters. The van der Waals surface area contributed by atoms with E-state index in [-0.39, 0.29) is 11.6 Å². The van der Waals surface area contributed by atoms with Crippen molar-refractivity contribution in [2.24, 2.45) is 0 Å². The second-order valence-corrected chi connectivity index (χ2v) is 6.63. The van der Waals surface area contributed by atoms with Crippen molar-refractivity contribution in [3.63, 3.8) is 0 Å². The highest BCUT2D eigenvalue weighted by atomic mass is 35.5. The molecule has 0 saturated carbocycles. The summed E-state index contributed by atoms with van der Waals surface area (Å²) in [7, 11) is 0. The Balaban J connectivity index is 2.07. The van der Waals surface area contributed by atoms with Crippen LogP contribution in [0.2, 0.25) is 10.0 Å². The summed E-state index contributed by atoms with van der Waals surface area (Å²) in [5.74, 6) is 0.502. The highest BCUT2D eigenvalue weighted by Gasteiger charge is 2.13. The molecule has 2 aromatic rings. The Kier molecular flexibility index (Phi) is 4.76. The number of aromatic nitrogens is 2. The highest BCUT2D eigenvalue weighted by molar-refractivity contribution is 6.35. The summed E-state index contributed by atoms with van der Waals surface area (Å²) >= 11 is 12.2. The van der Waals surface area contributed by atoms with Crippen LogP contribution in [0.3, 0.4) is 0 Å². The lowest BCUT2D eigenvalue weighted by Gasteiger charge is -2.18. The zero-order valence-corrected chi connectivity index (χ0v) is 13.9. The van der Waals surface area contributed by atoms with Gasteiger partial charge in [0.15, 0.2) is 0 Å². The van der Waals surface area contributed by atoms with Crippen LogP contribution in [-0.2, 0) is 6.54 Å². The normalized spacial score (nSPS) is 11.7. The predicted molar refractivity (Wildman–Crippen MR) is 85.4 cm³/mol. The van der Waals surface area contributed by atoms with Gasteiger partial charge in [-0.2, -0.15) is 0 Å². The smallest absolute Gasteiger partial charge is 0.320 e. The van der Waals surface area contributed by atoms with Crippen molar-refractivity contribution in [3.05, 3.63) is 33.6 Å². The Hall–Kier alpha value is -1.30. The summed E-state index contributed by atoms with van der Waals surface area (Å²) in [5.41, 5.74) is 1.52. The van der Waals surface area contributed by atoms with Crippen LogP contribution in [-0.4, -0.2) is 15.7 Å². The van der Waals surface area contributed by atoms with Gasteiger partial charge in [-0.05, 0) is 45.4 Å². The second-order valence-electron chi connectivity index (χ2n) is 5.81. The number of rotatable bonds is 4. The van der Waals surface area contributed by atoms with Gasteiger partial charge < -0.3 is 15.1 Å². The van der Waals surface area contributed by atoms with Crippen LogP contribution in [0.5, 0.6) is 0 Å². The largest absolute Gasteiger partial charge is 0.406 e. The first kappa shape index (κ1) is 16.1. The molecule has 0 saturated heterocycles. The first-order valence-electron chi connectivity index (χ1n) is 6.55. The van der Waals surface area contributed by atoms with Gasteiger partial charge in [0.05, 0.1) is 17.3 Å². The van der Waals surface area contributed by atoms with E-state index in [0.717, 1.165) is 5.56 Å². The van der Waals surface area contributed by atoms with Crippen LogP contribution in [0.25, 0.3) is 0 Å². The van der Waals surface area contributed by atoms with Crippen molar-refractivity contribution in [2.45, 2.75) is 39.8 Å². The number of aryl methyl sites for hydroxylation is 1. The van der Waals surface area contributed by atoms with E-state index < -0.39 is 0 Å². The van der Waals surface area contributed by atoms with Crippen LogP contribution >= 0.6 is 23.2 Å². The Labute approximate surface area is 134 Å². The molecule has 5 nitrogen and oxygen atoms in total. The number of nitrogens with one attached hydrogen (secondary N) is 2. The maximum Gasteiger partial charge on any atom is 0.320 e. The van der Waals surface area contributed by atoms with E-state index in [0.29, 0.717) is 28.2 Å². The van der Waals surface area contributed by atoms with Gasteiger partial charge in [-0.15, -0.1) is 5.10 Å². The van der Waals surface area contributed by atoms with E-state index in [4.69, 9.17) is 27.6 Å². The minimum absolute atomic E-state index is 0.0180. The minimum Gasteiger partial charge on any atom is -0.406 e. The molecule has 1 aromatic heterocycles. The fraction of sp³-hybridized carbons (Fsp3) is 0.429. The van der Waals surface area contributed by atoms with Crippen molar-refractivity contribution in [1.29, 1.82) is 0 Å². The molecule has 7 heteroatoms. The van der Waals surface area contributed by atoms with Crippen molar-refractivity contribution >= 4 is 34.9 Å². The Morgan fingerprint density at radius 2 is 1.86 bits per heavy atom. The van der Waals surface area contributed by atoms with Crippen molar-refractivity contribution < 1.29 is 4.42 Å². The topological polar surface area (TPSA) is 63.0 Å². The molecule has 0 amide bonds. The zero-order valence-electron chi connectivity index (χ0n) is 12.4. The van der Waals surface area contributed by atoms with Gasteiger partial charge in [0, 0.05) is 10.6 Å². The van der Waals surface area contributed by atoms with E-state index in [1.165, 1.54) is 0 Å². The minimum atomic E-state index is -0.0180. The summed E-state index contributed by atoms with van der Waals surface area (Å²) < 4.78 is 5.51. The van der Waals surface area contributed by atoms with Crippen LogP contribution < -0.4 is 10.6 Å². The van der Waals surface area contributed by atoms with Gasteiger partial charge in [-0.3, -0.25) is 0 Å². The van der Waals surface area contributed by atoms with Crippen LogP contribution in [0.4, 0.5) is 11.7 Å². The van der Waals surface area contributed by atoms with Crippen LogP contribution in [0.1, 0.15) is 32.2 Å². The van der Waals surface area contributed by atoms with Crippen molar-refractivity contribution in [2.75, 3.05) is 5.32 Å². The number of anilines is 2. The third kappa shape index (κ3) is 4.59. The molecule has 2 rings (SSSR count). The zero-order chi connectivity index (χ0) is 15.6. The SMILES string of the molecule is Cc1cc(Cl)c(Nc2nnc(CNC(C)(C)C)o2)cc1Cl. The molecule has 0 bridgehead atoms. The van der Waals surface area contributed by atoms with Gasteiger partial charge in [-0.1, -0.05) is 28.3 Å². The summed E-state index contributed by atoms with van der Waals surface area (Å²) in [6.45, 7) is 8.59. The second kappa shape index (κ2) is 6.22. The molecule has 0 atom stereocenters. The molecule has 0 aliphatic rings. The molecule has 1 aromatic carbocycles. The molecule has 0 radical (unpaired) electrons. The number of hydrogen-bond donors (Lipinski definition) is 2. The van der Waals surface area contributed by atoms with E-state index in [9.17, 15) is 0 Å². The fourth-order valence-corrected chi connectivity index (χ4v) is 2.00. The average molecular weight is 329 g/mol. The van der Waals surface area contributed by atoms with Crippen LogP contribution in [0.15, 0.2) is 16.5 Å². The number of halogens is 2. The molecule has 0 aliphatic heterocycles. The molecular formula is C14H18Cl2N4O. The highest BCUT2D eigenvalue weighted by Crippen LogP contribution is 2.30. The molecule has 0 spiro atoms. The van der Waals surface area contributed by atoms with E-state index in [1.807, 2.05) is 6.92 Å². The molecular weight excluding hydrogens is 311 g/mol. The molecule has 2 N–H and O–H groups in total. The van der Waals surface area contributed by atoms with E-state index in [1.54, 1.807) is 12.1 Å². The fourth-order valence-electron chi connectivity index (χ4n) is 1.57. The molecule has 0 fully saturated rings. The van der Waals surface area contributed by atoms with Gasteiger partial charge in [0.1, 0.15) is 0 Å². The standard InChI is InChI=1S/C14H18Cl2N4O/c1-8-5-10(16)11(6-9(8)15)18-13-20-19-12(21-13)7-17-14(2,3)4/h5-6,17H,7H2,1-4H3,(H,18,20). The third-order valence-corrected chi connectivity index (χ3v) is 3.45. The summed E-state index contributed by atoms with van der Waals surface area (Å²) in [4.78, 5) is 0. The van der Waals surface area contributed by atoms with Gasteiger partial charge in [0.25, 0.3) is 0 Å². The summed E-state index contributed by atoms with van der Waals surface area (Å²) in [6.07, 6.45) is 0. The third-order valence-electron chi connectivity index (χ3n) is 2.73. The quantitative estimate of drug-likeness (QED) is 0.875. The maximum absolute atomic E-state index is 6.16. The van der Waals surface area contributed by atoms with Crippen molar-refractivity contribution in [3.8, 4) is 0 Å². The van der Waals surface area contributed by atoms with E-state index in [2.05, 4.69) is 41.6 Å². The molecule has 0 aliphatic carbocycles. The first-order valence-corrected chi connectivity index (χ1v) is 7.30. The molecule has 1 heterocycles. The monoisotopic (exact) mass is 328 g/mol. The first-order chi connectivity index (χ1) is 9.74. The lowest BCUT2D eigenvalue weighted by atomic mass is 10.1. The number of hydrogen-bond acceptors (Lipinski definition) is 5. The lowest BCUT2D eigenvalue weighted by molar-refractivity contribution is 0.384. The Morgan fingerprint density at radius 1 is 1.14 bits per heavy atom. The van der Waals surface area contributed by atoms with Gasteiger partial charge >= 0.3 is 6.01 Å². The Bertz CT molecular complexity index is 634. The Morgan fingerprint density at radius 3 is 2.52 bits per heavy atom. The van der Waals surface area contributed by atoms with Gasteiger partial charge in [-0.25, -0.2) is 0 Å². The molecule has 21 heavy (non-hydrogen) atoms. The van der Waals surface area contributed by atoms with Crippen LogP contribution in [0, 0.1) is 6.92 Å².